The smallest absolute Gasteiger partial charge is 0.335 e. The van der Waals surface area contributed by atoms with Gasteiger partial charge in [-0.1, -0.05) is 19.9 Å². The molecule has 0 aliphatic carbocycles. The van der Waals surface area contributed by atoms with Gasteiger partial charge in [0.25, 0.3) is 0 Å². The van der Waals surface area contributed by atoms with Crippen LogP contribution in [0.4, 0.5) is 0 Å². The number of carbonyl (C=O) groups is 1. The van der Waals surface area contributed by atoms with Crippen LogP contribution in [0.5, 0.6) is 0 Å². The summed E-state index contributed by atoms with van der Waals surface area (Å²) in [4.78, 5) is 10.8. The Morgan fingerprint density at radius 1 is 1.50 bits per heavy atom. The van der Waals surface area contributed by atoms with Gasteiger partial charge < -0.3 is 5.11 Å². The first kappa shape index (κ1) is 10.7. The number of fused-ring (bicyclic) bond motifs is 1. The zero-order chi connectivity index (χ0) is 11.7. The number of aromatic amines is 1. The first-order valence-corrected chi connectivity index (χ1v) is 5.28. The molecule has 0 saturated carbocycles. The molecule has 84 valence electrons. The van der Waals surface area contributed by atoms with E-state index in [-0.39, 0.29) is 5.56 Å². The first-order valence-electron chi connectivity index (χ1n) is 5.28. The number of nitrogens with one attached hydrogen (secondary N) is 1. The molecule has 0 bridgehead atoms. The Morgan fingerprint density at radius 2 is 2.25 bits per heavy atom. The summed E-state index contributed by atoms with van der Waals surface area (Å²) in [6.45, 7) is 4.27. The molecule has 4 nitrogen and oxygen atoms in total. The number of hydrogen-bond acceptors (Lipinski definition) is 2. The Hall–Kier alpha value is -1.84. The van der Waals surface area contributed by atoms with Crippen molar-refractivity contribution >= 4 is 16.9 Å². The van der Waals surface area contributed by atoms with Crippen LogP contribution < -0.4 is 0 Å². The van der Waals surface area contributed by atoms with E-state index < -0.39 is 5.97 Å². The summed E-state index contributed by atoms with van der Waals surface area (Å²) >= 11 is 0. The number of carboxylic acid groups (broad SMARTS) is 1. The van der Waals surface area contributed by atoms with Gasteiger partial charge in [-0.25, -0.2) is 4.79 Å². The summed E-state index contributed by atoms with van der Waals surface area (Å²) in [7, 11) is 0. The molecule has 16 heavy (non-hydrogen) atoms. The van der Waals surface area contributed by atoms with Crippen molar-refractivity contribution in [1.82, 2.24) is 10.2 Å². The maximum Gasteiger partial charge on any atom is 0.335 e. The lowest BCUT2D eigenvalue weighted by molar-refractivity contribution is 0.0697. The third-order valence-corrected chi connectivity index (χ3v) is 2.49. The zero-order valence-corrected chi connectivity index (χ0v) is 9.32. The normalized spacial score (nSPS) is 11.2. The van der Waals surface area contributed by atoms with Gasteiger partial charge >= 0.3 is 5.97 Å². The van der Waals surface area contributed by atoms with Crippen molar-refractivity contribution in [2.45, 2.75) is 20.3 Å². The van der Waals surface area contributed by atoms with Gasteiger partial charge in [-0.3, -0.25) is 5.10 Å². The van der Waals surface area contributed by atoms with Crippen LogP contribution >= 0.6 is 0 Å². The van der Waals surface area contributed by atoms with E-state index in [0.717, 1.165) is 23.0 Å². The largest absolute Gasteiger partial charge is 0.478 e. The van der Waals surface area contributed by atoms with Gasteiger partial charge in [0.05, 0.1) is 11.1 Å². The molecule has 0 amide bonds. The topological polar surface area (TPSA) is 66.0 Å². The third kappa shape index (κ3) is 1.91. The lowest BCUT2D eigenvalue weighted by Crippen LogP contribution is -1.96. The fraction of sp³-hybridized carbons (Fsp3) is 0.333. The highest BCUT2D eigenvalue weighted by Crippen LogP contribution is 2.19. The molecule has 1 aromatic heterocycles. The standard InChI is InChI=1S/C12H14N2O2/c1-7(2)5-10-9-4-3-8(12(15)16)6-11(9)14-13-10/h3-4,6-7H,5H2,1-2H3,(H,13,14)(H,15,16). The third-order valence-electron chi connectivity index (χ3n) is 2.49. The van der Waals surface area contributed by atoms with Gasteiger partial charge in [0.15, 0.2) is 0 Å². The number of benzene rings is 1. The number of rotatable bonds is 3. The average Bonchev–Trinajstić information content (AvgIpc) is 2.60. The van der Waals surface area contributed by atoms with Crippen LogP contribution in [0.1, 0.15) is 29.9 Å². The fourth-order valence-corrected chi connectivity index (χ4v) is 1.76. The molecule has 0 atom stereocenters. The molecule has 0 unspecified atom stereocenters. The van der Waals surface area contributed by atoms with E-state index in [9.17, 15) is 4.79 Å². The second-order valence-corrected chi connectivity index (χ2v) is 4.34. The van der Waals surface area contributed by atoms with Crippen molar-refractivity contribution in [2.75, 3.05) is 0 Å². The van der Waals surface area contributed by atoms with Crippen LogP contribution in [0.15, 0.2) is 18.2 Å². The zero-order valence-electron chi connectivity index (χ0n) is 9.32. The van der Waals surface area contributed by atoms with E-state index >= 15 is 0 Å². The molecule has 0 aliphatic heterocycles. The Morgan fingerprint density at radius 3 is 2.88 bits per heavy atom. The molecule has 2 rings (SSSR count). The van der Waals surface area contributed by atoms with Gasteiger partial charge in [0.2, 0.25) is 0 Å². The quantitative estimate of drug-likeness (QED) is 0.831. The van der Waals surface area contributed by atoms with Gasteiger partial charge in [-0.2, -0.15) is 5.10 Å². The van der Waals surface area contributed by atoms with E-state index in [1.54, 1.807) is 12.1 Å². The summed E-state index contributed by atoms with van der Waals surface area (Å²) in [5.41, 5.74) is 2.06. The van der Waals surface area contributed by atoms with Crippen molar-refractivity contribution in [3.63, 3.8) is 0 Å². The number of hydrogen-bond donors (Lipinski definition) is 2. The summed E-state index contributed by atoms with van der Waals surface area (Å²) < 4.78 is 0. The Balaban J connectivity index is 2.46. The summed E-state index contributed by atoms with van der Waals surface area (Å²) in [6, 6.07) is 5.03. The highest BCUT2D eigenvalue weighted by molar-refractivity contribution is 5.93. The highest BCUT2D eigenvalue weighted by Gasteiger charge is 2.09. The number of aromatic nitrogens is 2. The summed E-state index contributed by atoms with van der Waals surface area (Å²) in [6.07, 6.45) is 0.920. The lowest BCUT2D eigenvalue weighted by Gasteiger charge is -2.01. The van der Waals surface area contributed by atoms with Crippen LogP contribution in [0.3, 0.4) is 0 Å². The monoisotopic (exact) mass is 218 g/mol. The molecule has 0 fully saturated rings. The highest BCUT2D eigenvalue weighted by atomic mass is 16.4. The van der Waals surface area contributed by atoms with E-state index in [1.807, 2.05) is 6.07 Å². The maximum atomic E-state index is 10.8. The lowest BCUT2D eigenvalue weighted by atomic mass is 10.0. The average molecular weight is 218 g/mol. The van der Waals surface area contributed by atoms with Gasteiger partial charge in [-0.05, 0) is 24.5 Å². The van der Waals surface area contributed by atoms with Crippen molar-refractivity contribution in [3.05, 3.63) is 29.5 Å². The Bertz CT molecular complexity index is 529. The van der Waals surface area contributed by atoms with Crippen LogP contribution in [0, 0.1) is 5.92 Å². The number of nitrogens with zero attached hydrogens (tertiary/aromatic N) is 1. The second-order valence-electron chi connectivity index (χ2n) is 4.34. The number of carboxylic acids is 1. The molecule has 1 aromatic carbocycles. The van der Waals surface area contributed by atoms with Gasteiger partial charge in [0, 0.05) is 11.1 Å². The van der Waals surface area contributed by atoms with Crippen LogP contribution in [0.2, 0.25) is 0 Å². The summed E-state index contributed by atoms with van der Waals surface area (Å²) in [5.74, 6) is -0.377. The van der Waals surface area contributed by atoms with Gasteiger partial charge in [0.1, 0.15) is 0 Å². The first-order chi connectivity index (χ1) is 7.58. The molecule has 4 heteroatoms. The van der Waals surface area contributed by atoms with Crippen LogP contribution in [-0.2, 0) is 6.42 Å². The SMILES string of the molecule is CC(C)Cc1[nH]nc2cc(C(=O)O)ccc12. The summed E-state index contributed by atoms with van der Waals surface area (Å²) in [5, 5.41) is 17.0. The van der Waals surface area contributed by atoms with Crippen molar-refractivity contribution < 1.29 is 9.90 Å². The number of aromatic carboxylic acids is 1. The molecule has 1 heterocycles. The van der Waals surface area contributed by atoms with Crippen LogP contribution in [0.25, 0.3) is 10.9 Å². The molecule has 0 radical (unpaired) electrons. The molecular formula is C12H14N2O2. The molecule has 2 aromatic rings. The van der Waals surface area contributed by atoms with Gasteiger partial charge in [-0.15, -0.1) is 0 Å². The maximum absolute atomic E-state index is 10.8. The minimum Gasteiger partial charge on any atom is -0.478 e. The predicted octanol–water partition coefficient (Wildman–Crippen LogP) is 2.46. The molecule has 0 aliphatic rings. The minimum atomic E-state index is -0.921. The predicted molar refractivity (Wildman–Crippen MR) is 61.6 cm³/mol. The van der Waals surface area contributed by atoms with E-state index in [1.165, 1.54) is 0 Å². The molecular weight excluding hydrogens is 204 g/mol. The van der Waals surface area contributed by atoms with E-state index in [0.29, 0.717) is 5.92 Å². The van der Waals surface area contributed by atoms with E-state index in [4.69, 9.17) is 5.11 Å². The molecule has 0 spiro atoms. The molecule has 2 N–H and O–H groups in total. The minimum absolute atomic E-state index is 0.273. The Labute approximate surface area is 93.3 Å². The van der Waals surface area contributed by atoms with E-state index in [2.05, 4.69) is 24.0 Å². The Kier molecular flexibility index (Phi) is 2.64. The molecule has 0 saturated heterocycles. The number of H-pyrrole nitrogens is 1. The second kappa shape index (κ2) is 3.96. The van der Waals surface area contributed by atoms with Crippen LogP contribution in [-0.4, -0.2) is 21.3 Å². The van der Waals surface area contributed by atoms with Crippen molar-refractivity contribution in [3.8, 4) is 0 Å². The van der Waals surface area contributed by atoms with Crippen molar-refractivity contribution in [1.29, 1.82) is 0 Å². The fourth-order valence-electron chi connectivity index (χ4n) is 1.76. The van der Waals surface area contributed by atoms with Crippen molar-refractivity contribution in [2.24, 2.45) is 5.92 Å².